The van der Waals surface area contributed by atoms with Gasteiger partial charge in [-0.15, -0.1) is 0 Å². The van der Waals surface area contributed by atoms with Crippen molar-refractivity contribution in [2.24, 2.45) is 5.92 Å². The van der Waals surface area contributed by atoms with Gasteiger partial charge in [-0.25, -0.2) is 9.97 Å². The van der Waals surface area contributed by atoms with Gasteiger partial charge in [-0.3, -0.25) is 4.79 Å². The molecule has 0 radical (unpaired) electrons. The van der Waals surface area contributed by atoms with Gasteiger partial charge in [-0.05, 0) is 30.9 Å². The summed E-state index contributed by atoms with van der Waals surface area (Å²) in [5.41, 5.74) is 1.49. The number of hydrogen-bond donors (Lipinski definition) is 2. The standard InChI is InChI=1S/C15H18N4O/c1-3-11-7-14(20)19-15(17-11)10-4-5-13(16-8-10)18-12-6-9(12)2/h4-5,7-9,12H,3,6H2,1-2H3,(H,16,18)(H,17,19,20). The molecule has 1 fully saturated rings. The Balaban J connectivity index is 1.83. The minimum atomic E-state index is -0.124. The lowest BCUT2D eigenvalue weighted by molar-refractivity contribution is 0.923. The van der Waals surface area contributed by atoms with Crippen LogP contribution >= 0.6 is 0 Å². The summed E-state index contributed by atoms with van der Waals surface area (Å²) in [6.45, 7) is 4.20. The van der Waals surface area contributed by atoms with Crippen molar-refractivity contribution in [1.82, 2.24) is 15.0 Å². The number of H-pyrrole nitrogens is 1. The Bertz CT molecular complexity index is 662. The van der Waals surface area contributed by atoms with Crippen LogP contribution in [-0.4, -0.2) is 21.0 Å². The van der Waals surface area contributed by atoms with Crippen molar-refractivity contribution in [3.8, 4) is 11.4 Å². The second-order valence-corrected chi connectivity index (χ2v) is 5.33. The molecule has 1 saturated carbocycles. The first-order chi connectivity index (χ1) is 9.65. The predicted octanol–water partition coefficient (Wildman–Crippen LogP) is 2.21. The molecule has 20 heavy (non-hydrogen) atoms. The Morgan fingerprint density at radius 3 is 2.85 bits per heavy atom. The SMILES string of the molecule is CCc1cc(=O)[nH]c(-c2ccc(NC3CC3C)nc2)n1. The zero-order valence-electron chi connectivity index (χ0n) is 11.7. The molecule has 0 aliphatic heterocycles. The number of aromatic amines is 1. The smallest absolute Gasteiger partial charge is 0.251 e. The van der Waals surface area contributed by atoms with Crippen molar-refractivity contribution in [3.05, 3.63) is 40.4 Å². The summed E-state index contributed by atoms with van der Waals surface area (Å²) in [5.74, 6) is 2.18. The zero-order valence-corrected chi connectivity index (χ0v) is 11.7. The van der Waals surface area contributed by atoms with Crippen LogP contribution in [0.2, 0.25) is 0 Å². The summed E-state index contributed by atoms with van der Waals surface area (Å²) in [6, 6.07) is 5.94. The van der Waals surface area contributed by atoms with E-state index in [1.807, 2.05) is 19.1 Å². The lowest BCUT2D eigenvalue weighted by Gasteiger charge is -2.06. The van der Waals surface area contributed by atoms with Crippen LogP contribution in [0, 0.1) is 5.92 Å². The van der Waals surface area contributed by atoms with Crippen LogP contribution in [-0.2, 0) is 6.42 Å². The summed E-state index contributed by atoms with van der Waals surface area (Å²) < 4.78 is 0. The van der Waals surface area contributed by atoms with Gasteiger partial charge in [0.25, 0.3) is 5.56 Å². The maximum atomic E-state index is 11.6. The lowest BCUT2D eigenvalue weighted by atomic mass is 10.2. The molecule has 0 aromatic carbocycles. The summed E-state index contributed by atoms with van der Waals surface area (Å²) in [6.07, 6.45) is 3.69. The lowest BCUT2D eigenvalue weighted by Crippen LogP contribution is -2.10. The maximum absolute atomic E-state index is 11.6. The summed E-state index contributed by atoms with van der Waals surface area (Å²) in [5, 5.41) is 3.37. The van der Waals surface area contributed by atoms with E-state index in [-0.39, 0.29) is 5.56 Å². The van der Waals surface area contributed by atoms with Crippen LogP contribution in [0.15, 0.2) is 29.2 Å². The molecule has 3 rings (SSSR count). The van der Waals surface area contributed by atoms with Gasteiger partial charge in [0, 0.05) is 29.6 Å². The molecule has 1 aliphatic rings. The van der Waals surface area contributed by atoms with Crippen molar-refractivity contribution < 1.29 is 0 Å². The highest BCUT2D eigenvalue weighted by atomic mass is 16.1. The van der Waals surface area contributed by atoms with Gasteiger partial charge in [0.1, 0.15) is 11.6 Å². The van der Waals surface area contributed by atoms with E-state index in [1.165, 1.54) is 12.5 Å². The minimum Gasteiger partial charge on any atom is -0.367 e. The summed E-state index contributed by atoms with van der Waals surface area (Å²) >= 11 is 0. The van der Waals surface area contributed by atoms with E-state index in [0.717, 1.165) is 29.4 Å². The fourth-order valence-electron chi connectivity index (χ4n) is 2.16. The van der Waals surface area contributed by atoms with E-state index in [4.69, 9.17) is 0 Å². The van der Waals surface area contributed by atoms with Gasteiger partial charge >= 0.3 is 0 Å². The van der Waals surface area contributed by atoms with Crippen molar-refractivity contribution in [2.75, 3.05) is 5.32 Å². The van der Waals surface area contributed by atoms with E-state index in [0.29, 0.717) is 11.9 Å². The molecule has 0 amide bonds. The van der Waals surface area contributed by atoms with E-state index >= 15 is 0 Å². The van der Waals surface area contributed by atoms with E-state index in [2.05, 4.69) is 27.2 Å². The number of aromatic nitrogens is 3. The number of pyridine rings is 1. The highest BCUT2D eigenvalue weighted by molar-refractivity contribution is 5.56. The van der Waals surface area contributed by atoms with Gasteiger partial charge in [-0.1, -0.05) is 13.8 Å². The Morgan fingerprint density at radius 2 is 2.25 bits per heavy atom. The van der Waals surface area contributed by atoms with Gasteiger partial charge in [0.15, 0.2) is 0 Å². The van der Waals surface area contributed by atoms with E-state index in [9.17, 15) is 4.79 Å². The number of aryl methyl sites for hydroxylation is 1. The molecule has 0 bridgehead atoms. The third kappa shape index (κ3) is 2.71. The molecule has 1 aliphatic carbocycles. The number of nitrogens with zero attached hydrogens (tertiary/aromatic N) is 2. The molecular formula is C15H18N4O. The Kier molecular flexibility index (Phi) is 3.26. The number of anilines is 1. The average molecular weight is 270 g/mol. The Hall–Kier alpha value is -2.17. The van der Waals surface area contributed by atoms with Gasteiger partial charge < -0.3 is 10.3 Å². The quantitative estimate of drug-likeness (QED) is 0.893. The average Bonchev–Trinajstić information content (AvgIpc) is 3.14. The normalized spacial score (nSPS) is 20.7. The molecule has 0 spiro atoms. The molecule has 2 aromatic rings. The fraction of sp³-hybridized carbons (Fsp3) is 0.400. The minimum absolute atomic E-state index is 0.124. The first-order valence-corrected chi connectivity index (χ1v) is 6.99. The molecule has 5 nitrogen and oxygen atoms in total. The van der Waals surface area contributed by atoms with Crippen molar-refractivity contribution >= 4 is 5.82 Å². The first-order valence-electron chi connectivity index (χ1n) is 6.99. The largest absolute Gasteiger partial charge is 0.367 e. The summed E-state index contributed by atoms with van der Waals surface area (Å²) in [7, 11) is 0. The van der Waals surface area contributed by atoms with Crippen LogP contribution in [0.25, 0.3) is 11.4 Å². The van der Waals surface area contributed by atoms with Crippen molar-refractivity contribution in [1.29, 1.82) is 0 Å². The Morgan fingerprint density at radius 1 is 1.45 bits per heavy atom. The second-order valence-electron chi connectivity index (χ2n) is 5.33. The molecule has 2 aromatic heterocycles. The molecule has 2 N–H and O–H groups in total. The third-order valence-electron chi connectivity index (χ3n) is 3.64. The van der Waals surface area contributed by atoms with Gasteiger partial charge in [0.2, 0.25) is 0 Å². The molecule has 0 saturated heterocycles. The fourth-order valence-corrected chi connectivity index (χ4v) is 2.16. The Labute approximate surface area is 117 Å². The number of rotatable bonds is 4. The van der Waals surface area contributed by atoms with Crippen LogP contribution in [0.1, 0.15) is 26.0 Å². The molecule has 5 heteroatoms. The third-order valence-corrected chi connectivity index (χ3v) is 3.64. The molecular weight excluding hydrogens is 252 g/mol. The molecule has 2 atom stereocenters. The topological polar surface area (TPSA) is 70.7 Å². The molecule has 104 valence electrons. The van der Waals surface area contributed by atoms with E-state index < -0.39 is 0 Å². The maximum Gasteiger partial charge on any atom is 0.251 e. The monoisotopic (exact) mass is 270 g/mol. The number of nitrogens with one attached hydrogen (secondary N) is 2. The van der Waals surface area contributed by atoms with Gasteiger partial charge in [-0.2, -0.15) is 0 Å². The van der Waals surface area contributed by atoms with Crippen LogP contribution < -0.4 is 10.9 Å². The van der Waals surface area contributed by atoms with Crippen LogP contribution in [0.5, 0.6) is 0 Å². The molecule has 2 unspecified atom stereocenters. The molecule has 2 heterocycles. The van der Waals surface area contributed by atoms with Gasteiger partial charge in [0.05, 0.1) is 0 Å². The van der Waals surface area contributed by atoms with Crippen molar-refractivity contribution in [2.45, 2.75) is 32.7 Å². The predicted molar refractivity (Wildman–Crippen MR) is 78.7 cm³/mol. The van der Waals surface area contributed by atoms with Crippen molar-refractivity contribution in [3.63, 3.8) is 0 Å². The zero-order chi connectivity index (χ0) is 14.1. The second kappa shape index (κ2) is 5.07. The van der Waals surface area contributed by atoms with Crippen LogP contribution in [0.3, 0.4) is 0 Å². The number of hydrogen-bond acceptors (Lipinski definition) is 4. The highest BCUT2D eigenvalue weighted by Crippen LogP contribution is 2.32. The first kappa shape index (κ1) is 12.8. The van der Waals surface area contributed by atoms with E-state index in [1.54, 1.807) is 6.20 Å². The van der Waals surface area contributed by atoms with Crippen LogP contribution in [0.4, 0.5) is 5.82 Å². The highest BCUT2D eigenvalue weighted by Gasteiger charge is 2.32. The summed E-state index contributed by atoms with van der Waals surface area (Å²) in [4.78, 5) is 23.1.